The minimum absolute atomic E-state index is 0.0396. The van der Waals surface area contributed by atoms with E-state index in [1.54, 1.807) is 11.3 Å². The highest BCUT2D eigenvalue weighted by Gasteiger charge is 2.06. The first-order valence-corrected chi connectivity index (χ1v) is 6.47. The second kappa shape index (κ2) is 6.66. The van der Waals surface area contributed by atoms with Gasteiger partial charge in [-0.2, -0.15) is 0 Å². The van der Waals surface area contributed by atoms with Crippen LogP contribution in [0.3, 0.4) is 0 Å². The van der Waals surface area contributed by atoms with E-state index in [0.717, 1.165) is 13.0 Å². The van der Waals surface area contributed by atoms with E-state index in [2.05, 4.69) is 23.7 Å². The van der Waals surface area contributed by atoms with E-state index in [4.69, 9.17) is 4.74 Å². The third-order valence-corrected chi connectivity index (χ3v) is 3.10. The smallest absolute Gasteiger partial charge is 0.320 e. The lowest BCUT2D eigenvalue weighted by atomic mass is 10.2. The number of ether oxygens (including phenoxy) is 1. The molecular weight excluding hydrogens is 222 g/mol. The summed E-state index contributed by atoms with van der Waals surface area (Å²) in [7, 11) is 0. The van der Waals surface area contributed by atoms with E-state index in [0.29, 0.717) is 0 Å². The molecule has 1 aromatic heterocycles. The number of aryl methyl sites for hydroxylation is 1. The summed E-state index contributed by atoms with van der Waals surface area (Å²) in [5.41, 5.74) is 1.36. The molecule has 0 radical (unpaired) electrons. The third-order valence-electron chi connectivity index (χ3n) is 2.14. The van der Waals surface area contributed by atoms with Gasteiger partial charge in [0.15, 0.2) is 0 Å². The van der Waals surface area contributed by atoms with E-state index in [-0.39, 0.29) is 18.6 Å². The Morgan fingerprint density at radius 2 is 2.31 bits per heavy atom. The van der Waals surface area contributed by atoms with Gasteiger partial charge in [-0.05, 0) is 37.3 Å². The minimum Gasteiger partial charge on any atom is -0.462 e. The normalized spacial score (nSPS) is 10.8. The van der Waals surface area contributed by atoms with E-state index in [1.807, 2.05) is 13.8 Å². The van der Waals surface area contributed by atoms with Gasteiger partial charge in [0.25, 0.3) is 0 Å². The second-order valence-corrected chi connectivity index (χ2v) is 4.87. The van der Waals surface area contributed by atoms with Crippen molar-refractivity contribution in [2.24, 2.45) is 0 Å². The fraction of sp³-hybridized carbons (Fsp3) is 0.583. The topological polar surface area (TPSA) is 38.3 Å². The van der Waals surface area contributed by atoms with Gasteiger partial charge in [0, 0.05) is 11.4 Å². The van der Waals surface area contributed by atoms with Crippen LogP contribution in [0.25, 0.3) is 0 Å². The molecule has 0 aromatic carbocycles. The molecule has 1 aromatic rings. The molecule has 1 N–H and O–H groups in total. The van der Waals surface area contributed by atoms with Crippen molar-refractivity contribution < 1.29 is 9.53 Å². The lowest BCUT2D eigenvalue weighted by Crippen LogP contribution is -2.26. The van der Waals surface area contributed by atoms with Crippen molar-refractivity contribution in [1.82, 2.24) is 5.32 Å². The molecule has 90 valence electrons. The van der Waals surface area contributed by atoms with Gasteiger partial charge in [-0.15, -0.1) is 11.3 Å². The number of nitrogens with one attached hydrogen (secondary N) is 1. The van der Waals surface area contributed by atoms with Crippen molar-refractivity contribution in [2.75, 3.05) is 6.54 Å². The first-order chi connectivity index (χ1) is 7.63. The van der Waals surface area contributed by atoms with E-state index in [9.17, 15) is 4.79 Å². The quantitative estimate of drug-likeness (QED) is 0.777. The number of thiophene rings is 1. The molecule has 0 fully saturated rings. The molecule has 3 nitrogen and oxygen atoms in total. The monoisotopic (exact) mass is 241 g/mol. The highest BCUT2D eigenvalue weighted by Crippen LogP contribution is 2.16. The molecule has 1 rings (SSSR count). The summed E-state index contributed by atoms with van der Waals surface area (Å²) >= 11 is 1.73. The maximum Gasteiger partial charge on any atom is 0.320 e. The van der Waals surface area contributed by atoms with Gasteiger partial charge in [-0.1, -0.05) is 6.92 Å². The van der Waals surface area contributed by atoms with Crippen molar-refractivity contribution in [2.45, 2.75) is 39.8 Å². The molecule has 0 aliphatic rings. The molecule has 0 spiro atoms. The van der Waals surface area contributed by atoms with Gasteiger partial charge < -0.3 is 10.1 Å². The van der Waals surface area contributed by atoms with Gasteiger partial charge in [-0.3, -0.25) is 4.79 Å². The highest BCUT2D eigenvalue weighted by molar-refractivity contribution is 7.10. The molecule has 0 aliphatic carbocycles. The molecule has 0 saturated carbocycles. The summed E-state index contributed by atoms with van der Waals surface area (Å²) in [6.45, 7) is 6.87. The van der Waals surface area contributed by atoms with Crippen LogP contribution in [-0.4, -0.2) is 18.6 Å². The van der Waals surface area contributed by atoms with Gasteiger partial charge >= 0.3 is 5.97 Å². The Morgan fingerprint density at radius 1 is 1.56 bits per heavy atom. The van der Waals surface area contributed by atoms with E-state index < -0.39 is 0 Å². The summed E-state index contributed by atoms with van der Waals surface area (Å²) in [4.78, 5) is 12.6. The van der Waals surface area contributed by atoms with Gasteiger partial charge in [0.1, 0.15) is 0 Å². The molecule has 1 heterocycles. The molecule has 4 heteroatoms. The Kier molecular flexibility index (Phi) is 5.49. The Hall–Kier alpha value is -0.870. The number of carbonyl (C=O) groups is 1. The average Bonchev–Trinajstić information content (AvgIpc) is 2.64. The fourth-order valence-corrected chi connectivity index (χ4v) is 2.37. The summed E-state index contributed by atoms with van der Waals surface area (Å²) in [6.07, 6.45) is 0.999. The van der Waals surface area contributed by atoms with E-state index >= 15 is 0 Å². The van der Waals surface area contributed by atoms with Crippen molar-refractivity contribution >= 4 is 17.3 Å². The second-order valence-electron chi connectivity index (χ2n) is 3.86. The molecule has 0 amide bonds. The summed E-state index contributed by atoms with van der Waals surface area (Å²) in [5.74, 6) is -0.190. The minimum atomic E-state index is -0.190. The summed E-state index contributed by atoms with van der Waals surface area (Å²) in [5, 5.41) is 5.19. The highest BCUT2D eigenvalue weighted by atomic mass is 32.1. The molecule has 0 saturated heterocycles. The maximum atomic E-state index is 11.3. The summed E-state index contributed by atoms with van der Waals surface area (Å²) < 4.78 is 5.03. The number of carbonyl (C=O) groups excluding carboxylic acids is 1. The largest absolute Gasteiger partial charge is 0.462 e. The predicted molar refractivity (Wildman–Crippen MR) is 66.6 cm³/mol. The van der Waals surface area contributed by atoms with Crippen LogP contribution in [0.1, 0.15) is 31.2 Å². The molecule has 0 bridgehead atoms. The van der Waals surface area contributed by atoms with Crippen molar-refractivity contribution in [3.05, 3.63) is 21.9 Å². The molecule has 0 atom stereocenters. The van der Waals surface area contributed by atoms with Gasteiger partial charge in [0.2, 0.25) is 0 Å². The maximum absolute atomic E-state index is 11.3. The van der Waals surface area contributed by atoms with Crippen molar-refractivity contribution in [3.63, 3.8) is 0 Å². The van der Waals surface area contributed by atoms with Crippen LogP contribution >= 0.6 is 11.3 Å². The van der Waals surface area contributed by atoms with Gasteiger partial charge in [-0.25, -0.2) is 0 Å². The van der Waals surface area contributed by atoms with Crippen molar-refractivity contribution in [3.8, 4) is 0 Å². The van der Waals surface area contributed by atoms with Crippen LogP contribution in [0.5, 0.6) is 0 Å². The number of hydrogen-bond donors (Lipinski definition) is 1. The van der Waals surface area contributed by atoms with Crippen LogP contribution in [-0.2, 0) is 22.5 Å². The lowest BCUT2D eigenvalue weighted by molar-refractivity contribution is -0.146. The summed E-state index contributed by atoms with van der Waals surface area (Å²) in [6, 6.07) is 2.13. The van der Waals surface area contributed by atoms with Crippen LogP contribution < -0.4 is 5.32 Å². The molecule has 0 unspecified atom stereocenters. The lowest BCUT2D eigenvalue weighted by Gasteiger charge is -2.08. The van der Waals surface area contributed by atoms with E-state index in [1.165, 1.54) is 10.4 Å². The Balaban J connectivity index is 2.28. The zero-order valence-electron chi connectivity index (χ0n) is 10.1. The Bertz CT molecular complexity index is 334. The third kappa shape index (κ3) is 4.33. The van der Waals surface area contributed by atoms with Crippen molar-refractivity contribution in [1.29, 1.82) is 0 Å². The predicted octanol–water partition coefficient (Wildman–Crippen LogP) is 2.35. The Morgan fingerprint density at radius 3 is 2.94 bits per heavy atom. The molecule has 16 heavy (non-hydrogen) atoms. The zero-order chi connectivity index (χ0) is 12.0. The van der Waals surface area contributed by atoms with Crippen LogP contribution in [0.4, 0.5) is 0 Å². The number of hydrogen-bond acceptors (Lipinski definition) is 4. The first-order valence-electron chi connectivity index (χ1n) is 5.59. The van der Waals surface area contributed by atoms with Crippen LogP contribution in [0.2, 0.25) is 0 Å². The Labute approximate surface area is 101 Å². The standard InChI is InChI=1S/C12H19NO2S/c1-4-10-5-6-16-11(10)7-13-8-12(14)15-9(2)3/h5-6,9,13H,4,7-8H2,1-3H3. The molecule has 0 aliphatic heterocycles. The van der Waals surface area contributed by atoms with Crippen LogP contribution in [0.15, 0.2) is 11.4 Å². The van der Waals surface area contributed by atoms with Crippen LogP contribution in [0, 0.1) is 0 Å². The zero-order valence-corrected chi connectivity index (χ0v) is 10.9. The SMILES string of the molecule is CCc1ccsc1CNCC(=O)OC(C)C. The fourth-order valence-electron chi connectivity index (χ4n) is 1.42. The molecular formula is C12H19NO2S. The number of rotatable bonds is 6. The number of esters is 1. The van der Waals surface area contributed by atoms with Gasteiger partial charge in [0.05, 0.1) is 12.6 Å². The first kappa shape index (κ1) is 13.2. The average molecular weight is 241 g/mol.